The molecule has 0 spiro atoms. The Morgan fingerprint density at radius 1 is 1.53 bits per heavy atom. The molecule has 1 aromatic heterocycles. The van der Waals surface area contributed by atoms with Crippen LogP contribution < -0.4 is 0 Å². The van der Waals surface area contributed by atoms with Gasteiger partial charge < -0.3 is 4.90 Å². The quantitative estimate of drug-likeness (QED) is 0.454. The highest BCUT2D eigenvalue weighted by Gasteiger charge is 2.18. The molecule has 5 nitrogen and oxygen atoms in total. The second-order valence-corrected chi connectivity index (χ2v) is 5.37. The highest BCUT2D eigenvalue weighted by Crippen LogP contribution is 2.34. The van der Waals surface area contributed by atoms with E-state index in [0.717, 1.165) is 0 Å². The summed E-state index contributed by atoms with van der Waals surface area (Å²) in [6.45, 7) is 5.17. The molecular weight excluding hydrogens is 260 g/mol. The molecule has 0 unspecified atom stereocenters. The molecule has 0 aromatic carbocycles. The molecule has 1 rings (SSSR count). The fraction of sp³-hybridized carbons (Fsp3) is 0.500. The van der Waals surface area contributed by atoms with Crippen LogP contribution in [0.2, 0.25) is 0 Å². The van der Waals surface area contributed by atoms with Gasteiger partial charge in [-0.1, -0.05) is 11.8 Å². The minimum atomic E-state index is -0.416. The number of nitro groups is 1. The molecule has 94 valence electrons. The molecule has 0 saturated heterocycles. The predicted molar refractivity (Wildman–Crippen MR) is 69.6 cm³/mol. The van der Waals surface area contributed by atoms with Crippen molar-refractivity contribution >= 4 is 34.7 Å². The van der Waals surface area contributed by atoms with E-state index >= 15 is 0 Å². The Labute approximate surface area is 108 Å². The van der Waals surface area contributed by atoms with Gasteiger partial charge in [0.25, 0.3) is 5.69 Å². The summed E-state index contributed by atoms with van der Waals surface area (Å²) in [6.07, 6.45) is 0. The number of thioether (sulfide) groups is 1. The zero-order valence-electron chi connectivity index (χ0n) is 9.71. The molecule has 0 saturated carbocycles. The first kappa shape index (κ1) is 14.0. The summed E-state index contributed by atoms with van der Waals surface area (Å²) < 4.78 is 0.593. The monoisotopic (exact) mass is 274 g/mol. The van der Waals surface area contributed by atoms with E-state index < -0.39 is 4.92 Å². The number of thiophene rings is 1. The first-order valence-corrected chi connectivity index (χ1v) is 7.09. The number of hydrogen-bond acceptors (Lipinski definition) is 5. The Morgan fingerprint density at radius 2 is 2.18 bits per heavy atom. The third-order valence-corrected chi connectivity index (χ3v) is 4.45. The highest BCUT2D eigenvalue weighted by atomic mass is 32.2. The van der Waals surface area contributed by atoms with Crippen LogP contribution >= 0.6 is 23.1 Å². The molecule has 1 amide bonds. The van der Waals surface area contributed by atoms with Crippen molar-refractivity contribution in [2.75, 3.05) is 18.8 Å². The van der Waals surface area contributed by atoms with Crippen LogP contribution in [0.1, 0.15) is 13.8 Å². The van der Waals surface area contributed by atoms with Gasteiger partial charge in [0.05, 0.1) is 10.7 Å². The first-order chi connectivity index (χ1) is 8.10. The fourth-order valence-corrected chi connectivity index (χ4v) is 3.25. The molecule has 0 aliphatic carbocycles. The van der Waals surface area contributed by atoms with Gasteiger partial charge in [-0.25, -0.2) is 0 Å². The maximum Gasteiger partial charge on any atom is 0.293 e. The van der Waals surface area contributed by atoms with Crippen molar-refractivity contribution in [1.82, 2.24) is 4.90 Å². The van der Waals surface area contributed by atoms with E-state index in [4.69, 9.17) is 0 Å². The average molecular weight is 274 g/mol. The SMILES string of the molecule is CCN(CC)C(=O)CSc1sccc1[N+](=O)[O-]. The van der Waals surface area contributed by atoms with Crippen molar-refractivity contribution in [3.63, 3.8) is 0 Å². The molecule has 0 aliphatic heterocycles. The van der Waals surface area contributed by atoms with Gasteiger partial charge >= 0.3 is 0 Å². The molecule has 0 bridgehead atoms. The maximum atomic E-state index is 11.7. The lowest BCUT2D eigenvalue weighted by Gasteiger charge is -2.17. The van der Waals surface area contributed by atoms with Crippen LogP contribution in [0.5, 0.6) is 0 Å². The van der Waals surface area contributed by atoms with Crippen LogP contribution in [0.4, 0.5) is 5.69 Å². The molecule has 0 atom stereocenters. The van der Waals surface area contributed by atoms with Gasteiger partial charge in [-0.15, -0.1) is 11.3 Å². The molecule has 7 heteroatoms. The summed E-state index contributed by atoms with van der Waals surface area (Å²) in [7, 11) is 0. The Bertz CT molecular complexity index is 402. The van der Waals surface area contributed by atoms with Crippen LogP contribution in [-0.2, 0) is 4.79 Å². The summed E-state index contributed by atoms with van der Waals surface area (Å²) in [5.41, 5.74) is 0.0901. The predicted octanol–water partition coefficient (Wildman–Crippen LogP) is 2.62. The molecule has 0 fully saturated rings. The highest BCUT2D eigenvalue weighted by molar-refractivity contribution is 8.01. The number of hydrogen-bond donors (Lipinski definition) is 0. The van der Waals surface area contributed by atoms with Gasteiger partial charge in [-0.05, 0) is 19.2 Å². The van der Waals surface area contributed by atoms with Crippen molar-refractivity contribution in [1.29, 1.82) is 0 Å². The van der Waals surface area contributed by atoms with Crippen molar-refractivity contribution in [2.24, 2.45) is 0 Å². The van der Waals surface area contributed by atoms with Crippen molar-refractivity contribution in [3.8, 4) is 0 Å². The molecule has 0 aliphatic rings. The minimum absolute atomic E-state index is 0.0164. The molecule has 1 heterocycles. The zero-order valence-corrected chi connectivity index (χ0v) is 11.3. The second kappa shape index (κ2) is 6.61. The number of nitrogens with zero attached hydrogens (tertiary/aromatic N) is 2. The number of carbonyl (C=O) groups excluding carboxylic acids is 1. The van der Waals surface area contributed by atoms with Crippen molar-refractivity contribution < 1.29 is 9.72 Å². The summed E-state index contributed by atoms with van der Waals surface area (Å²) >= 11 is 2.53. The zero-order chi connectivity index (χ0) is 12.8. The average Bonchev–Trinajstić information content (AvgIpc) is 2.76. The van der Waals surface area contributed by atoms with E-state index in [1.165, 1.54) is 29.2 Å². The van der Waals surface area contributed by atoms with Crippen molar-refractivity contribution in [2.45, 2.75) is 18.1 Å². The molecular formula is C10H14N2O3S2. The lowest BCUT2D eigenvalue weighted by atomic mass is 10.5. The fourth-order valence-electron chi connectivity index (χ4n) is 1.33. The molecule has 17 heavy (non-hydrogen) atoms. The van der Waals surface area contributed by atoms with E-state index in [0.29, 0.717) is 17.3 Å². The molecule has 0 radical (unpaired) electrons. The Kier molecular flexibility index (Phi) is 5.43. The van der Waals surface area contributed by atoms with Gasteiger partial charge in [-0.3, -0.25) is 14.9 Å². The summed E-state index contributed by atoms with van der Waals surface area (Å²) in [6, 6.07) is 1.47. The van der Waals surface area contributed by atoms with E-state index in [1.54, 1.807) is 10.3 Å². The van der Waals surface area contributed by atoms with Crippen LogP contribution in [-0.4, -0.2) is 34.6 Å². The van der Waals surface area contributed by atoms with E-state index in [2.05, 4.69) is 0 Å². The molecule has 0 N–H and O–H groups in total. The summed E-state index contributed by atoms with van der Waals surface area (Å²) in [5, 5.41) is 12.3. The second-order valence-electron chi connectivity index (χ2n) is 3.21. The van der Waals surface area contributed by atoms with Gasteiger partial charge in [0.2, 0.25) is 5.91 Å². The minimum Gasteiger partial charge on any atom is -0.343 e. The van der Waals surface area contributed by atoms with Gasteiger partial charge in [0.1, 0.15) is 4.21 Å². The smallest absolute Gasteiger partial charge is 0.293 e. The normalized spacial score (nSPS) is 10.2. The van der Waals surface area contributed by atoms with Crippen LogP contribution in [0.15, 0.2) is 15.7 Å². The first-order valence-electron chi connectivity index (χ1n) is 5.22. The topological polar surface area (TPSA) is 63.5 Å². The standard InChI is InChI=1S/C10H14N2O3S2/c1-3-11(4-2)9(13)7-17-10-8(12(14)15)5-6-16-10/h5-6H,3-4,7H2,1-2H3. The largest absolute Gasteiger partial charge is 0.343 e. The lowest BCUT2D eigenvalue weighted by molar-refractivity contribution is -0.387. The number of carbonyl (C=O) groups is 1. The molecule has 1 aromatic rings. The van der Waals surface area contributed by atoms with E-state index in [-0.39, 0.29) is 17.3 Å². The van der Waals surface area contributed by atoms with Gasteiger partial charge in [0, 0.05) is 19.2 Å². The third-order valence-electron chi connectivity index (χ3n) is 2.25. The lowest BCUT2D eigenvalue weighted by Crippen LogP contribution is -2.31. The van der Waals surface area contributed by atoms with Gasteiger partial charge in [-0.2, -0.15) is 0 Å². The Balaban J connectivity index is 2.58. The summed E-state index contributed by atoms with van der Waals surface area (Å²) in [4.78, 5) is 23.7. The number of amides is 1. The van der Waals surface area contributed by atoms with Crippen LogP contribution in [0, 0.1) is 10.1 Å². The maximum absolute atomic E-state index is 11.7. The van der Waals surface area contributed by atoms with Gasteiger partial charge in [0.15, 0.2) is 0 Å². The third kappa shape index (κ3) is 3.71. The van der Waals surface area contributed by atoms with E-state index in [1.807, 2.05) is 13.8 Å². The van der Waals surface area contributed by atoms with Crippen LogP contribution in [0.25, 0.3) is 0 Å². The Hall–Kier alpha value is -1.08. The van der Waals surface area contributed by atoms with Crippen molar-refractivity contribution in [3.05, 3.63) is 21.6 Å². The summed E-state index contributed by atoms with van der Waals surface area (Å²) in [5.74, 6) is 0.269. The van der Waals surface area contributed by atoms with Crippen LogP contribution in [0.3, 0.4) is 0 Å². The Morgan fingerprint density at radius 3 is 2.71 bits per heavy atom. The van der Waals surface area contributed by atoms with E-state index in [9.17, 15) is 14.9 Å². The number of rotatable bonds is 6.